The molecule has 42 heteroatoms. The Hall–Kier alpha value is -10.3. The van der Waals surface area contributed by atoms with Crippen LogP contribution in [0.5, 0.6) is 0 Å². The van der Waals surface area contributed by atoms with E-state index in [2.05, 4.69) is 85.2 Å². The normalized spacial score (nSPS) is 13.2. The van der Waals surface area contributed by atoms with Crippen molar-refractivity contribution in [3.8, 4) is 0 Å². The van der Waals surface area contributed by atoms with Gasteiger partial charge in [0.1, 0.15) is 36.3 Å². The van der Waals surface area contributed by atoms with Gasteiger partial charge in [-0.15, -0.1) is 0 Å². The highest BCUT2D eigenvalue weighted by Gasteiger charge is 2.36. The van der Waals surface area contributed by atoms with Crippen LogP contribution in [-0.4, -0.2) is 201 Å². The first-order chi connectivity index (χ1) is 44.3. The number of hydrogen-bond donors (Lipinski definition) is 33. The highest BCUT2D eigenvalue weighted by molar-refractivity contribution is 6.41. The van der Waals surface area contributed by atoms with Crippen LogP contribution in [0.15, 0.2) is 0 Å². The fourth-order valence-electron chi connectivity index (χ4n) is 8.72. The van der Waals surface area contributed by atoms with Crippen molar-refractivity contribution in [3.05, 3.63) is 0 Å². The molecule has 8 atom stereocenters. The average molecular weight is 1340 g/mol. The van der Waals surface area contributed by atoms with Crippen molar-refractivity contribution in [1.29, 1.82) is 43.3 Å². The summed E-state index contributed by atoms with van der Waals surface area (Å²) in [6.45, 7) is 3.65. The first-order valence-electron chi connectivity index (χ1n) is 30.6. The second kappa shape index (κ2) is 47.6. The van der Waals surface area contributed by atoms with Crippen LogP contribution in [0, 0.1) is 49.2 Å². The van der Waals surface area contributed by atoms with Crippen LogP contribution in [0.4, 0.5) is 0 Å². The van der Waals surface area contributed by atoms with Crippen LogP contribution in [0.3, 0.4) is 0 Å². The van der Waals surface area contributed by atoms with Crippen molar-refractivity contribution in [2.75, 3.05) is 52.4 Å². The molecule has 94 heavy (non-hydrogen) atoms. The van der Waals surface area contributed by atoms with Crippen molar-refractivity contribution in [2.24, 2.45) is 57.6 Å². The van der Waals surface area contributed by atoms with Gasteiger partial charge in [-0.2, -0.15) is 0 Å². The predicted molar refractivity (Wildman–Crippen MR) is 353 cm³/mol. The minimum atomic E-state index is -1.55. The Morgan fingerprint density at radius 2 is 0.404 bits per heavy atom. The predicted octanol–water partition coefficient (Wildman–Crippen LogP) is -9.89. The number of hydrazine groups is 1. The summed E-state index contributed by atoms with van der Waals surface area (Å²) >= 11 is 0. The van der Waals surface area contributed by atoms with Crippen LogP contribution < -0.4 is 137 Å². The zero-order chi connectivity index (χ0) is 71.3. The lowest BCUT2D eigenvalue weighted by molar-refractivity contribution is -0.140. The van der Waals surface area contributed by atoms with Crippen molar-refractivity contribution < 1.29 is 43.2 Å². The lowest BCUT2D eigenvalue weighted by Gasteiger charge is -2.28. The van der Waals surface area contributed by atoms with Crippen molar-refractivity contribution >= 4 is 101 Å². The third-order valence-corrected chi connectivity index (χ3v) is 13.6. The molecule has 0 fully saturated rings. The molecule has 0 aromatic rings. The second-order valence-corrected chi connectivity index (χ2v) is 21.9. The number of nitrogens with two attached hydrogens (primary N) is 9. The van der Waals surface area contributed by atoms with Gasteiger partial charge in [-0.1, -0.05) is 13.8 Å². The van der Waals surface area contributed by atoms with Gasteiger partial charge >= 0.3 is 0 Å². The monoisotopic (exact) mass is 1340 g/mol. The molecule has 0 aromatic heterocycles. The molecular formula is C52H105N33O9. The minimum Gasteiger partial charge on any atom is -0.370 e. The van der Waals surface area contributed by atoms with Gasteiger partial charge in [0.25, 0.3) is 0 Å². The van der Waals surface area contributed by atoms with Crippen molar-refractivity contribution in [1.82, 2.24) is 85.2 Å². The molecule has 0 heterocycles. The highest BCUT2D eigenvalue weighted by atomic mass is 16.2. The zero-order valence-electron chi connectivity index (χ0n) is 53.5. The summed E-state index contributed by atoms with van der Waals surface area (Å²) in [5, 5.41) is 99.8. The topological polar surface area (TPSA) is 771 Å². The number of nitrogens with one attached hydrogen (secondary N) is 24. The van der Waals surface area contributed by atoms with Crippen LogP contribution in [0.1, 0.15) is 117 Å². The van der Waals surface area contributed by atoms with E-state index in [4.69, 9.17) is 95.0 Å². The third kappa shape index (κ3) is 39.8. The molecule has 7 amide bonds. The number of amides is 7. The molecule has 42 N–H and O–H groups in total. The molecule has 0 bridgehead atoms. The molecule has 0 aliphatic rings. The van der Waals surface area contributed by atoms with E-state index in [1.54, 1.807) is 13.8 Å². The van der Waals surface area contributed by atoms with E-state index >= 15 is 0 Å². The molecule has 4 unspecified atom stereocenters. The average Bonchev–Trinajstić information content (AvgIpc) is 0.912. The van der Waals surface area contributed by atoms with Gasteiger partial charge in [-0.05, 0) is 103 Å². The summed E-state index contributed by atoms with van der Waals surface area (Å²) in [6, 6.07) is -11.5. The first-order valence-corrected chi connectivity index (χ1v) is 30.6. The summed E-state index contributed by atoms with van der Waals surface area (Å²) in [6.07, 6.45) is -0.200. The number of guanidine groups is 8. The smallest absolute Gasteiger partial charge is 0.243 e. The Balaban J connectivity index is 7.61. The first kappa shape index (κ1) is 83.7. The lowest BCUT2D eigenvalue weighted by Crippen LogP contribution is -2.60. The molecule has 42 nitrogen and oxygen atoms in total. The Kier molecular flexibility index (Phi) is 42.4. The standard InChI is InChI=1S/C52H105N33O9/c1-27(2)38(88)79-30(13-5-21-72-47(57)58)40(90)81-32(15-7-23-74-49(61)62)42(92)83-34(17-9-25-76-51(65)66)44(94)84-35(18-10-26-77-52(67)68)43(93)82-33(16-8-24-75-50(63)64)41(91)80-31(14-6-22-73-48(59)60)39(89)78-28(11-3-19-70-45(53)54)36(86)37(87)29(85-69)12-4-20-71-46(55)56/h27-35,85H,3-26,69H2,1-2H3,(H,78,89)(H,79,88)(H,80,91)(H,81,90)(H,82,93)(H,83,92)(H,84,94)(H4,53,54,70)(H4,55,56,71)(H4,57,58,72)(H4,59,60,73)(H4,61,62,74)(H4,63,64,75)(H4,65,66,76)(H4,67,68,77)/t28?,29-,30?,31-,32-,33?,34?,35-/m0/s1. The van der Waals surface area contributed by atoms with Crippen LogP contribution in [0.2, 0.25) is 0 Å². The van der Waals surface area contributed by atoms with E-state index in [0.717, 1.165) is 0 Å². The van der Waals surface area contributed by atoms with Gasteiger partial charge in [0.2, 0.25) is 52.9 Å². The van der Waals surface area contributed by atoms with Gasteiger partial charge in [-0.25, -0.2) is 5.43 Å². The Bertz CT molecular complexity index is 2560. The fraction of sp³-hybridized carbons (Fsp3) is 0.673. The van der Waals surface area contributed by atoms with E-state index in [-0.39, 0.29) is 173 Å². The number of hydrogen-bond acceptors (Lipinski definition) is 19. The van der Waals surface area contributed by atoms with Gasteiger partial charge in [0.15, 0.2) is 47.7 Å². The van der Waals surface area contributed by atoms with Crippen LogP contribution in [-0.2, 0) is 43.2 Å². The molecule has 0 radical (unpaired) electrons. The maximum absolute atomic E-state index is 14.7. The Labute approximate surface area is 545 Å². The van der Waals surface area contributed by atoms with Crippen LogP contribution in [0.25, 0.3) is 0 Å². The minimum absolute atomic E-state index is 0.000223. The van der Waals surface area contributed by atoms with Crippen LogP contribution >= 0.6 is 0 Å². The molecule has 0 aliphatic heterocycles. The molecule has 0 saturated heterocycles. The third-order valence-electron chi connectivity index (χ3n) is 13.6. The molecule has 0 aliphatic carbocycles. The molecule has 0 rings (SSSR count). The lowest BCUT2D eigenvalue weighted by atomic mass is 9.96. The molecule has 0 saturated carbocycles. The van der Waals surface area contributed by atoms with E-state index in [1.165, 1.54) is 0 Å². The zero-order valence-corrected chi connectivity index (χ0v) is 53.5. The summed E-state index contributed by atoms with van der Waals surface area (Å²) in [5.41, 5.74) is 46.1. The molecular weight excluding hydrogens is 1230 g/mol. The largest absolute Gasteiger partial charge is 0.370 e. The number of carbonyl (C=O) groups excluding carboxylic acids is 9. The number of ketones is 2. The van der Waals surface area contributed by atoms with Gasteiger partial charge in [0.05, 0.1) is 12.1 Å². The van der Waals surface area contributed by atoms with E-state index in [9.17, 15) is 43.2 Å². The Morgan fingerprint density at radius 3 is 0.574 bits per heavy atom. The maximum atomic E-state index is 14.7. The molecule has 0 spiro atoms. The number of carbonyl (C=O) groups is 9. The number of Topliss-reactive ketones (excluding diaryl/α,β-unsaturated/α-hetero) is 2. The van der Waals surface area contributed by atoms with E-state index in [0.29, 0.717) is 0 Å². The Morgan fingerprint density at radius 1 is 0.255 bits per heavy atom. The quantitative estimate of drug-likeness (QED) is 0.00672. The maximum Gasteiger partial charge on any atom is 0.243 e. The SMILES string of the molecule is CC(C)C(=O)NC(CCCNC(=N)N)C(=O)N[C@@H](CCCNC(=N)N)C(=O)NC(CCCNC(=N)N)C(=O)N[C@@H](CCCNC(=N)N)C(=O)NC(CCCNC(=N)N)C(=O)N[C@@H](CCCNC(=N)N)C(=O)NC(CCCNC(=N)N)C(=O)C(=O)[C@H](CCCNC(=N)N)NN. The second-order valence-electron chi connectivity index (χ2n) is 21.9. The van der Waals surface area contributed by atoms with Gasteiger partial charge < -0.3 is 126 Å². The summed E-state index contributed by atoms with van der Waals surface area (Å²) in [7, 11) is 0. The van der Waals surface area contributed by atoms with Gasteiger partial charge in [0, 0.05) is 58.3 Å². The fourth-order valence-corrected chi connectivity index (χ4v) is 8.72. The van der Waals surface area contributed by atoms with E-state index < -0.39 is 137 Å². The van der Waals surface area contributed by atoms with Crippen molar-refractivity contribution in [3.63, 3.8) is 0 Å². The molecule has 0 aromatic carbocycles. The van der Waals surface area contributed by atoms with Crippen molar-refractivity contribution in [2.45, 2.75) is 165 Å². The summed E-state index contributed by atoms with van der Waals surface area (Å²) in [5.74, 6) is -6.12. The molecule has 532 valence electrons. The summed E-state index contributed by atoms with van der Waals surface area (Å²) < 4.78 is 0. The number of rotatable bonds is 50. The summed E-state index contributed by atoms with van der Waals surface area (Å²) in [4.78, 5) is 128. The highest BCUT2D eigenvalue weighted by Crippen LogP contribution is 2.12. The van der Waals surface area contributed by atoms with Gasteiger partial charge in [-0.3, -0.25) is 92.3 Å². The van der Waals surface area contributed by atoms with E-state index in [1.807, 2.05) is 0 Å².